The largest absolute Gasteiger partial charge is 0.396 e. The molecular formula is C13H18N4O3S. The Morgan fingerprint density at radius 1 is 1.38 bits per heavy atom. The van der Waals surface area contributed by atoms with Crippen molar-refractivity contribution >= 4 is 21.1 Å². The third-order valence-electron chi connectivity index (χ3n) is 4.01. The van der Waals surface area contributed by atoms with Gasteiger partial charge in [0.15, 0.2) is 5.65 Å². The molecule has 3 rings (SSSR count). The Morgan fingerprint density at radius 3 is 3.00 bits per heavy atom. The number of nitrogens with zero attached hydrogens (tertiary/aromatic N) is 2. The van der Waals surface area contributed by atoms with E-state index in [1.54, 1.807) is 18.3 Å². The van der Waals surface area contributed by atoms with Crippen LogP contribution in [-0.2, 0) is 10.0 Å². The van der Waals surface area contributed by atoms with Gasteiger partial charge in [0.2, 0.25) is 5.03 Å². The maximum Gasteiger partial charge on any atom is 0.260 e. The minimum Gasteiger partial charge on any atom is -0.396 e. The lowest BCUT2D eigenvalue weighted by Crippen LogP contribution is -2.43. The smallest absolute Gasteiger partial charge is 0.260 e. The number of fused-ring (bicyclic) bond motifs is 1. The van der Waals surface area contributed by atoms with Gasteiger partial charge in [-0.3, -0.25) is 5.10 Å². The van der Waals surface area contributed by atoms with E-state index in [1.807, 2.05) is 0 Å². The van der Waals surface area contributed by atoms with Crippen molar-refractivity contribution in [3.63, 3.8) is 0 Å². The van der Waals surface area contributed by atoms with Crippen LogP contribution < -0.4 is 4.72 Å². The first-order valence-electron chi connectivity index (χ1n) is 7.04. The molecule has 114 valence electrons. The lowest BCUT2D eigenvalue weighted by molar-refractivity contribution is 0.164. The first kappa shape index (κ1) is 14.4. The van der Waals surface area contributed by atoms with Gasteiger partial charge in [-0.05, 0) is 30.9 Å². The van der Waals surface area contributed by atoms with Gasteiger partial charge in [-0.2, -0.15) is 5.10 Å². The minimum atomic E-state index is -3.73. The fourth-order valence-electron chi connectivity index (χ4n) is 2.87. The highest BCUT2D eigenvalue weighted by Crippen LogP contribution is 2.26. The average Bonchev–Trinajstić information content (AvgIpc) is 2.92. The van der Waals surface area contributed by atoms with Gasteiger partial charge in [0.25, 0.3) is 10.0 Å². The van der Waals surface area contributed by atoms with Crippen LogP contribution in [0.1, 0.15) is 25.7 Å². The zero-order chi connectivity index (χ0) is 14.9. The Hall–Kier alpha value is -1.51. The number of pyridine rings is 1. The van der Waals surface area contributed by atoms with Gasteiger partial charge in [-0.1, -0.05) is 12.8 Å². The molecule has 1 aliphatic rings. The zero-order valence-electron chi connectivity index (χ0n) is 11.5. The van der Waals surface area contributed by atoms with Crippen LogP contribution in [0.5, 0.6) is 0 Å². The third kappa shape index (κ3) is 2.78. The molecule has 0 amide bonds. The number of rotatable bonds is 4. The molecule has 2 aromatic rings. The monoisotopic (exact) mass is 310 g/mol. The molecule has 2 heterocycles. The molecule has 0 bridgehead atoms. The van der Waals surface area contributed by atoms with E-state index in [9.17, 15) is 13.5 Å². The summed E-state index contributed by atoms with van der Waals surface area (Å²) >= 11 is 0. The number of hydrogen-bond acceptors (Lipinski definition) is 5. The quantitative estimate of drug-likeness (QED) is 0.773. The molecule has 2 atom stereocenters. The van der Waals surface area contributed by atoms with Crippen molar-refractivity contribution in [1.82, 2.24) is 19.9 Å². The van der Waals surface area contributed by atoms with Crippen LogP contribution in [0.25, 0.3) is 11.0 Å². The Balaban J connectivity index is 1.90. The van der Waals surface area contributed by atoms with E-state index in [4.69, 9.17) is 0 Å². The fourth-order valence-corrected chi connectivity index (χ4v) is 4.31. The number of nitrogens with one attached hydrogen (secondary N) is 2. The summed E-state index contributed by atoms with van der Waals surface area (Å²) in [6.45, 7) is -0.00391. The van der Waals surface area contributed by atoms with E-state index in [2.05, 4.69) is 19.9 Å². The summed E-state index contributed by atoms with van der Waals surface area (Å²) in [6, 6.07) is 3.11. The molecule has 7 nitrogen and oxygen atoms in total. The van der Waals surface area contributed by atoms with Crippen LogP contribution in [0.2, 0.25) is 0 Å². The minimum absolute atomic E-state index is 0.00391. The molecule has 0 aliphatic heterocycles. The molecule has 21 heavy (non-hydrogen) atoms. The summed E-state index contributed by atoms with van der Waals surface area (Å²) in [5.41, 5.74) is 0.445. The average molecular weight is 310 g/mol. The molecule has 1 fully saturated rings. The fraction of sp³-hybridized carbons (Fsp3) is 0.538. The predicted octanol–water partition coefficient (Wildman–Crippen LogP) is 0.787. The van der Waals surface area contributed by atoms with Crippen LogP contribution in [-0.4, -0.2) is 41.4 Å². The number of aliphatic hydroxyl groups is 1. The molecule has 8 heteroatoms. The van der Waals surface area contributed by atoms with Gasteiger partial charge >= 0.3 is 0 Å². The topological polar surface area (TPSA) is 108 Å². The maximum atomic E-state index is 12.5. The standard InChI is InChI=1S/C13H18N4O3S/c18-8-9-4-1-2-6-11(9)17-21(19,20)13-10-5-3-7-14-12(10)15-16-13/h3,5,7,9,11,17-18H,1-2,4,6,8H2,(H,14,15,16)/t9-,11-/m0/s1. The SMILES string of the molecule is O=S(=O)(N[C@H]1CCCC[C@H]1CO)c1n[nH]c2ncccc12. The Kier molecular flexibility index (Phi) is 3.92. The Morgan fingerprint density at radius 2 is 2.19 bits per heavy atom. The molecule has 0 radical (unpaired) electrons. The van der Waals surface area contributed by atoms with E-state index in [0.717, 1.165) is 25.7 Å². The molecule has 0 spiro atoms. The van der Waals surface area contributed by atoms with Crippen LogP contribution in [0.15, 0.2) is 23.4 Å². The van der Waals surface area contributed by atoms with E-state index < -0.39 is 10.0 Å². The highest BCUT2D eigenvalue weighted by molar-refractivity contribution is 7.89. The number of aliphatic hydroxyl groups excluding tert-OH is 1. The van der Waals surface area contributed by atoms with Gasteiger partial charge in [-0.15, -0.1) is 0 Å². The second-order valence-electron chi connectivity index (χ2n) is 5.38. The third-order valence-corrected chi connectivity index (χ3v) is 5.44. The van der Waals surface area contributed by atoms with E-state index in [1.165, 1.54) is 0 Å². The van der Waals surface area contributed by atoms with Crippen molar-refractivity contribution in [2.24, 2.45) is 5.92 Å². The first-order valence-corrected chi connectivity index (χ1v) is 8.52. The number of aromatic amines is 1. The highest BCUT2D eigenvalue weighted by atomic mass is 32.2. The first-order chi connectivity index (χ1) is 10.1. The Labute approximate surface area is 122 Å². The number of H-pyrrole nitrogens is 1. The molecule has 1 aliphatic carbocycles. The van der Waals surface area contributed by atoms with Crippen molar-refractivity contribution < 1.29 is 13.5 Å². The van der Waals surface area contributed by atoms with Crippen LogP contribution in [0.3, 0.4) is 0 Å². The van der Waals surface area contributed by atoms with Gasteiger partial charge in [0.05, 0.1) is 5.39 Å². The van der Waals surface area contributed by atoms with Gasteiger partial charge in [-0.25, -0.2) is 18.1 Å². The van der Waals surface area contributed by atoms with Crippen LogP contribution in [0.4, 0.5) is 0 Å². The van der Waals surface area contributed by atoms with Crippen molar-refractivity contribution in [2.75, 3.05) is 6.61 Å². The number of aromatic nitrogens is 3. The summed E-state index contributed by atoms with van der Waals surface area (Å²) in [5, 5.41) is 16.3. The summed E-state index contributed by atoms with van der Waals surface area (Å²) < 4.78 is 27.8. The van der Waals surface area contributed by atoms with E-state index in [-0.39, 0.29) is 23.6 Å². The highest BCUT2D eigenvalue weighted by Gasteiger charge is 2.31. The molecule has 2 aromatic heterocycles. The van der Waals surface area contributed by atoms with Crippen molar-refractivity contribution in [1.29, 1.82) is 0 Å². The molecule has 1 saturated carbocycles. The second-order valence-corrected chi connectivity index (χ2v) is 7.01. The summed E-state index contributed by atoms with van der Waals surface area (Å²) in [6.07, 6.45) is 5.15. The van der Waals surface area contributed by atoms with Gasteiger partial charge in [0.1, 0.15) is 0 Å². The van der Waals surface area contributed by atoms with E-state index in [0.29, 0.717) is 11.0 Å². The molecule has 3 N–H and O–H groups in total. The summed E-state index contributed by atoms with van der Waals surface area (Å²) in [5.74, 6) is -0.0307. The molecule has 0 saturated heterocycles. The number of sulfonamides is 1. The van der Waals surface area contributed by atoms with Gasteiger partial charge in [0, 0.05) is 18.8 Å². The molecule has 0 aromatic carbocycles. The summed E-state index contributed by atoms with van der Waals surface area (Å²) in [7, 11) is -3.73. The zero-order valence-corrected chi connectivity index (χ0v) is 12.3. The summed E-state index contributed by atoms with van der Waals surface area (Å²) in [4.78, 5) is 4.04. The van der Waals surface area contributed by atoms with Crippen molar-refractivity contribution in [2.45, 2.75) is 36.8 Å². The van der Waals surface area contributed by atoms with Crippen molar-refractivity contribution in [3.05, 3.63) is 18.3 Å². The van der Waals surface area contributed by atoms with E-state index >= 15 is 0 Å². The lowest BCUT2D eigenvalue weighted by atomic mass is 9.86. The Bertz CT molecular complexity index is 728. The second kappa shape index (κ2) is 5.70. The number of hydrogen-bond donors (Lipinski definition) is 3. The molecular weight excluding hydrogens is 292 g/mol. The predicted molar refractivity (Wildman–Crippen MR) is 77.0 cm³/mol. The van der Waals surface area contributed by atoms with Crippen LogP contribution in [0, 0.1) is 5.92 Å². The lowest BCUT2D eigenvalue weighted by Gasteiger charge is -2.30. The maximum absolute atomic E-state index is 12.5. The van der Waals surface area contributed by atoms with Crippen molar-refractivity contribution in [3.8, 4) is 0 Å². The van der Waals surface area contributed by atoms with Crippen LogP contribution >= 0.6 is 0 Å². The van der Waals surface area contributed by atoms with Gasteiger partial charge < -0.3 is 5.11 Å². The molecule has 0 unspecified atom stereocenters. The normalized spacial score (nSPS) is 23.5.